The average Bonchev–Trinajstić information content (AvgIpc) is 2.69. The number of benzene rings is 2. The minimum Gasteiger partial charge on any atom is -0.370 e. The smallest absolute Gasteiger partial charge is 0.193 e. The van der Waals surface area contributed by atoms with Crippen LogP contribution < -0.4 is 16.0 Å². The van der Waals surface area contributed by atoms with Gasteiger partial charge in [0.2, 0.25) is 0 Å². The van der Waals surface area contributed by atoms with Gasteiger partial charge >= 0.3 is 0 Å². The van der Waals surface area contributed by atoms with E-state index in [1.165, 1.54) is 11.3 Å². The van der Waals surface area contributed by atoms with Crippen molar-refractivity contribution in [1.82, 2.24) is 4.90 Å². The third-order valence-corrected chi connectivity index (χ3v) is 4.95. The Morgan fingerprint density at radius 3 is 2.52 bits per heavy atom. The molecule has 1 saturated heterocycles. The number of nitrogens with one attached hydrogen (secondary N) is 1. The second kappa shape index (κ2) is 9.97. The van der Waals surface area contributed by atoms with Crippen LogP contribution in [0.2, 0.25) is 0 Å². The van der Waals surface area contributed by atoms with Gasteiger partial charge in [0.05, 0.1) is 0 Å². The number of aliphatic imine (C=N–C) groups is 1. The van der Waals surface area contributed by atoms with E-state index >= 15 is 0 Å². The number of piperazine rings is 1. The standard InChI is InChI=1S/C22H31N5/c1-19-8-7-9-20(18-19)25-22(23)24-12-5-6-13-26-14-16-27(17-15-26)21-10-3-2-4-11-21/h2-4,7-11,18H,5-6,12-17H2,1H3,(H3,23,24,25). The summed E-state index contributed by atoms with van der Waals surface area (Å²) in [7, 11) is 0. The molecule has 1 heterocycles. The van der Waals surface area contributed by atoms with Crippen molar-refractivity contribution in [2.75, 3.05) is 49.5 Å². The molecule has 0 atom stereocenters. The van der Waals surface area contributed by atoms with Gasteiger partial charge in [0, 0.05) is 44.1 Å². The first-order valence-electron chi connectivity index (χ1n) is 9.87. The zero-order valence-corrected chi connectivity index (χ0v) is 16.3. The van der Waals surface area contributed by atoms with Gasteiger partial charge in [0.25, 0.3) is 0 Å². The van der Waals surface area contributed by atoms with E-state index in [1.807, 2.05) is 12.1 Å². The number of nitrogens with zero attached hydrogens (tertiary/aromatic N) is 3. The van der Waals surface area contributed by atoms with Gasteiger partial charge in [-0.25, -0.2) is 0 Å². The zero-order chi connectivity index (χ0) is 18.9. The molecule has 0 aliphatic carbocycles. The van der Waals surface area contributed by atoms with Gasteiger partial charge < -0.3 is 16.0 Å². The molecule has 0 bridgehead atoms. The SMILES string of the molecule is Cc1cccc(NC(N)=NCCCCN2CCN(c3ccccc3)CC2)c1. The third-order valence-electron chi connectivity index (χ3n) is 4.95. The van der Waals surface area contributed by atoms with Crippen LogP contribution in [0.1, 0.15) is 18.4 Å². The number of para-hydroxylation sites is 1. The minimum absolute atomic E-state index is 0.497. The van der Waals surface area contributed by atoms with Crippen LogP contribution in [-0.2, 0) is 0 Å². The van der Waals surface area contributed by atoms with Crippen molar-refractivity contribution >= 4 is 17.3 Å². The molecule has 0 radical (unpaired) electrons. The van der Waals surface area contributed by atoms with Gasteiger partial charge in [-0.1, -0.05) is 30.3 Å². The molecule has 3 N–H and O–H groups in total. The van der Waals surface area contributed by atoms with E-state index in [4.69, 9.17) is 5.73 Å². The Bertz CT molecular complexity index is 720. The molecule has 3 rings (SSSR count). The van der Waals surface area contributed by atoms with Crippen LogP contribution in [0.5, 0.6) is 0 Å². The molecule has 0 spiro atoms. The predicted octanol–water partition coefficient (Wildman–Crippen LogP) is 3.32. The fourth-order valence-corrected chi connectivity index (χ4v) is 3.43. The number of anilines is 2. The van der Waals surface area contributed by atoms with Crippen LogP contribution in [0.15, 0.2) is 59.6 Å². The maximum Gasteiger partial charge on any atom is 0.193 e. The monoisotopic (exact) mass is 365 g/mol. The van der Waals surface area contributed by atoms with E-state index in [9.17, 15) is 0 Å². The lowest BCUT2D eigenvalue weighted by Gasteiger charge is -2.36. The number of aryl methyl sites for hydroxylation is 1. The number of hydrogen-bond acceptors (Lipinski definition) is 3. The molecule has 0 aromatic heterocycles. The fourth-order valence-electron chi connectivity index (χ4n) is 3.43. The summed E-state index contributed by atoms with van der Waals surface area (Å²) in [6, 6.07) is 18.9. The first-order chi connectivity index (χ1) is 13.2. The highest BCUT2D eigenvalue weighted by atomic mass is 15.3. The van der Waals surface area contributed by atoms with Crippen LogP contribution >= 0.6 is 0 Å². The molecule has 5 heteroatoms. The topological polar surface area (TPSA) is 56.9 Å². The van der Waals surface area contributed by atoms with E-state index in [0.717, 1.165) is 57.8 Å². The largest absolute Gasteiger partial charge is 0.370 e. The molecule has 144 valence electrons. The highest BCUT2D eigenvalue weighted by Crippen LogP contribution is 2.15. The zero-order valence-electron chi connectivity index (χ0n) is 16.3. The number of unbranched alkanes of at least 4 members (excludes halogenated alkanes) is 1. The Labute approximate surface area is 162 Å². The highest BCUT2D eigenvalue weighted by molar-refractivity contribution is 5.92. The van der Waals surface area contributed by atoms with Crippen molar-refractivity contribution in [3.05, 3.63) is 60.2 Å². The summed E-state index contributed by atoms with van der Waals surface area (Å²) >= 11 is 0. The summed E-state index contributed by atoms with van der Waals surface area (Å²) in [6.07, 6.45) is 2.22. The maximum atomic E-state index is 5.97. The molecule has 2 aromatic rings. The Kier molecular flexibility index (Phi) is 7.11. The van der Waals surface area contributed by atoms with Gasteiger partial charge in [0.1, 0.15) is 0 Å². The maximum absolute atomic E-state index is 5.97. The molecular weight excluding hydrogens is 334 g/mol. The molecule has 1 aliphatic heterocycles. The van der Waals surface area contributed by atoms with E-state index in [-0.39, 0.29) is 0 Å². The normalized spacial score (nSPS) is 15.7. The van der Waals surface area contributed by atoms with Crippen LogP contribution in [0, 0.1) is 6.92 Å². The third kappa shape index (κ3) is 6.29. The van der Waals surface area contributed by atoms with E-state index < -0.39 is 0 Å². The van der Waals surface area contributed by atoms with Crippen LogP contribution in [0.3, 0.4) is 0 Å². The van der Waals surface area contributed by atoms with E-state index in [1.54, 1.807) is 0 Å². The van der Waals surface area contributed by atoms with E-state index in [0.29, 0.717) is 5.96 Å². The average molecular weight is 366 g/mol. The molecular formula is C22H31N5. The summed E-state index contributed by atoms with van der Waals surface area (Å²) in [4.78, 5) is 9.46. The van der Waals surface area contributed by atoms with Crippen LogP contribution in [0.25, 0.3) is 0 Å². The Hall–Kier alpha value is -2.53. The molecule has 1 fully saturated rings. The Morgan fingerprint density at radius 2 is 1.78 bits per heavy atom. The Balaban J connectivity index is 1.30. The van der Waals surface area contributed by atoms with Gasteiger partial charge in [-0.15, -0.1) is 0 Å². The molecule has 0 saturated carbocycles. The number of nitrogens with two attached hydrogens (primary N) is 1. The summed E-state index contributed by atoms with van der Waals surface area (Å²) in [6.45, 7) is 8.46. The first-order valence-corrected chi connectivity index (χ1v) is 9.87. The van der Waals surface area contributed by atoms with Crippen molar-refractivity contribution in [3.63, 3.8) is 0 Å². The molecule has 27 heavy (non-hydrogen) atoms. The number of hydrogen-bond donors (Lipinski definition) is 2. The van der Waals surface area contributed by atoms with Crippen molar-refractivity contribution in [2.24, 2.45) is 10.7 Å². The highest BCUT2D eigenvalue weighted by Gasteiger charge is 2.16. The molecule has 0 unspecified atom stereocenters. The van der Waals surface area contributed by atoms with Gasteiger partial charge in [-0.05, 0) is 56.1 Å². The lowest BCUT2D eigenvalue weighted by molar-refractivity contribution is 0.253. The number of rotatable bonds is 7. The lowest BCUT2D eigenvalue weighted by Crippen LogP contribution is -2.46. The predicted molar refractivity (Wildman–Crippen MR) is 116 cm³/mol. The molecule has 5 nitrogen and oxygen atoms in total. The Morgan fingerprint density at radius 1 is 1.00 bits per heavy atom. The summed E-state index contributed by atoms with van der Waals surface area (Å²) in [5.74, 6) is 0.497. The minimum atomic E-state index is 0.497. The van der Waals surface area contributed by atoms with Crippen molar-refractivity contribution < 1.29 is 0 Å². The molecule has 1 aliphatic rings. The second-order valence-electron chi connectivity index (χ2n) is 7.13. The van der Waals surface area contributed by atoms with Crippen molar-refractivity contribution in [1.29, 1.82) is 0 Å². The van der Waals surface area contributed by atoms with Gasteiger partial charge in [-0.3, -0.25) is 9.89 Å². The lowest BCUT2D eigenvalue weighted by atomic mass is 10.2. The van der Waals surface area contributed by atoms with Crippen LogP contribution in [-0.4, -0.2) is 50.1 Å². The van der Waals surface area contributed by atoms with Crippen molar-refractivity contribution in [3.8, 4) is 0 Å². The first kappa shape index (κ1) is 19.2. The quantitative estimate of drug-likeness (QED) is 0.449. The molecule has 0 amide bonds. The summed E-state index contributed by atoms with van der Waals surface area (Å²) in [5, 5.41) is 3.16. The van der Waals surface area contributed by atoms with Crippen molar-refractivity contribution in [2.45, 2.75) is 19.8 Å². The van der Waals surface area contributed by atoms with E-state index in [2.05, 4.69) is 69.5 Å². The second-order valence-corrected chi connectivity index (χ2v) is 7.13. The summed E-state index contributed by atoms with van der Waals surface area (Å²) < 4.78 is 0. The molecule has 2 aromatic carbocycles. The summed E-state index contributed by atoms with van der Waals surface area (Å²) in [5.41, 5.74) is 9.51. The van der Waals surface area contributed by atoms with Crippen LogP contribution in [0.4, 0.5) is 11.4 Å². The fraction of sp³-hybridized carbons (Fsp3) is 0.409. The van der Waals surface area contributed by atoms with Gasteiger partial charge in [-0.2, -0.15) is 0 Å². The number of guanidine groups is 1. The van der Waals surface area contributed by atoms with Gasteiger partial charge in [0.15, 0.2) is 5.96 Å².